The van der Waals surface area contributed by atoms with Crippen LogP contribution in [-0.4, -0.2) is 20.9 Å². The molecule has 0 radical (unpaired) electrons. The van der Waals surface area contributed by atoms with Gasteiger partial charge in [-0.1, -0.05) is 61.8 Å². The standard InChI is InChI=1S/C23H21ClN2O3S/c1-15(2)17-7-3-5-9-20(17)25-23(27)14-26-21-12-11-16(24)13-19(21)18-8-4-6-10-22(18)30(26,28)29/h3-13,15H,14H2,1-2H3,(H,25,27). The fourth-order valence-corrected chi connectivity index (χ4v) is 5.53. The fourth-order valence-electron chi connectivity index (χ4n) is 3.71. The molecular formula is C23H21ClN2O3S. The lowest BCUT2D eigenvalue weighted by atomic mass is 10.0. The summed E-state index contributed by atoms with van der Waals surface area (Å²) in [6, 6.07) is 19.3. The Morgan fingerprint density at radius 1 is 1.00 bits per heavy atom. The molecule has 4 rings (SSSR count). The normalized spacial score (nSPS) is 14.2. The summed E-state index contributed by atoms with van der Waals surface area (Å²) in [5.41, 5.74) is 3.37. The second-order valence-corrected chi connectivity index (χ2v) is 9.73. The number of para-hydroxylation sites is 1. The zero-order valence-electron chi connectivity index (χ0n) is 16.6. The Labute approximate surface area is 181 Å². The van der Waals surface area contributed by atoms with E-state index in [1.807, 2.05) is 38.1 Å². The lowest BCUT2D eigenvalue weighted by Crippen LogP contribution is -2.40. The molecule has 0 aromatic heterocycles. The first-order chi connectivity index (χ1) is 14.3. The van der Waals surface area contributed by atoms with Gasteiger partial charge in [0.25, 0.3) is 10.0 Å². The smallest absolute Gasteiger partial charge is 0.265 e. The van der Waals surface area contributed by atoms with E-state index >= 15 is 0 Å². The Bertz CT molecular complexity index is 1240. The molecule has 5 nitrogen and oxygen atoms in total. The van der Waals surface area contributed by atoms with Crippen LogP contribution in [0.3, 0.4) is 0 Å². The Morgan fingerprint density at radius 3 is 2.47 bits per heavy atom. The van der Waals surface area contributed by atoms with Crippen LogP contribution in [0.1, 0.15) is 25.3 Å². The highest BCUT2D eigenvalue weighted by atomic mass is 35.5. The third-order valence-corrected chi connectivity index (χ3v) is 7.17. The number of hydrogen-bond donors (Lipinski definition) is 1. The molecule has 0 saturated heterocycles. The maximum absolute atomic E-state index is 13.3. The van der Waals surface area contributed by atoms with Gasteiger partial charge in [-0.15, -0.1) is 0 Å². The number of nitrogens with one attached hydrogen (secondary N) is 1. The molecule has 0 spiro atoms. The van der Waals surface area contributed by atoms with Gasteiger partial charge in [0.15, 0.2) is 0 Å². The number of halogens is 1. The summed E-state index contributed by atoms with van der Waals surface area (Å²) in [6.07, 6.45) is 0. The summed E-state index contributed by atoms with van der Waals surface area (Å²) >= 11 is 6.17. The van der Waals surface area contributed by atoms with Gasteiger partial charge in [-0.3, -0.25) is 9.10 Å². The highest BCUT2D eigenvalue weighted by molar-refractivity contribution is 7.93. The van der Waals surface area contributed by atoms with Gasteiger partial charge in [-0.25, -0.2) is 8.42 Å². The van der Waals surface area contributed by atoms with E-state index < -0.39 is 15.9 Å². The largest absolute Gasteiger partial charge is 0.324 e. The van der Waals surface area contributed by atoms with Crippen molar-refractivity contribution in [3.05, 3.63) is 77.3 Å². The molecule has 0 aliphatic carbocycles. The van der Waals surface area contributed by atoms with Crippen LogP contribution in [-0.2, 0) is 14.8 Å². The second kappa shape index (κ2) is 7.78. The van der Waals surface area contributed by atoms with Crippen molar-refractivity contribution in [1.29, 1.82) is 0 Å². The van der Waals surface area contributed by atoms with Crippen molar-refractivity contribution in [1.82, 2.24) is 0 Å². The quantitative estimate of drug-likeness (QED) is 0.600. The molecule has 30 heavy (non-hydrogen) atoms. The van der Waals surface area contributed by atoms with Gasteiger partial charge < -0.3 is 5.32 Å². The topological polar surface area (TPSA) is 66.5 Å². The molecule has 3 aromatic carbocycles. The minimum Gasteiger partial charge on any atom is -0.324 e. The minimum absolute atomic E-state index is 0.162. The van der Waals surface area contributed by atoms with Gasteiger partial charge in [0.05, 0.1) is 10.6 Å². The van der Waals surface area contributed by atoms with Gasteiger partial charge in [0, 0.05) is 21.8 Å². The molecule has 1 heterocycles. The first kappa shape index (κ1) is 20.4. The third kappa shape index (κ3) is 3.57. The lowest BCUT2D eigenvalue weighted by molar-refractivity contribution is -0.114. The van der Waals surface area contributed by atoms with Crippen LogP contribution in [0.2, 0.25) is 5.02 Å². The monoisotopic (exact) mass is 440 g/mol. The van der Waals surface area contributed by atoms with Crippen LogP contribution >= 0.6 is 11.6 Å². The van der Waals surface area contributed by atoms with Crippen LogP contribution in [0, 0.1) is 0 Å². The van der Waals surface area contributed by atoms with Gasteiger partial charge in [0.2, 0.25) is 5.91 Å². The van der Waals surface area contributed by atoms with Gasteiger partial charge in [0.1, 0.15) is 6.54 Å². The Hall–Kier alpha value is -2.83. The Balaban J connectivity index is 1.72. The summed E-state index contributed by atoms with van der Waals surface area (Å²) in [4.78, 5) is 13.1. The number of nitrogens with zero attached hydrogens (tertiary/aromatic N) is 1. The summed E-state index contributed by atoms with van der Waals surface area (Å²) < 4.78 is 27.8. The molecule has 0 atom stereocenters. The van der Waals surface area contributed by atoms with Crippen molar-refractivity contribution in [2.24, 2.45) is 0 Å². The van der Waals surface area contributed by atoms with E-state index in [9.17, 15) is 13.2 Å². The number of fused-ring (bicyclic) bond motifs is 3. The zero-order valence-corrected chi connectivity index (χ0v) is 18.2. The third-order valence-electron chi connectivity index (χ3n) is 5.12. The molecule has 7 heteroatoms. The molecule has 3 aromatic rings. The van der Waals surface area contributed by atoms with Gasteiger partial charge in [-0.05, 0) is 41.8 Å². The number of sulfonamides is 1. The van der Waals surface area contributed by atoms with E-state index in [1.165, 1.54) is 0 Å². The highest BCUT2D eigenvalue weighted by Gasteiger charge is 2.36. The number of amides is 1. The maximum atomic E-state index is 13.3. The van der Waals surface area contributed by atoms with E-state index in [1.54, 1.807) is 42.5 Å². The van der Waals surface area contributed by atoms with Gasteiger partial charge in [-0.2, -0.15) is 0 Å². The molecule has 1 N–H and O–H groups in total. The zero-order chi connectivity index (χ0) is 21.5. The molecule has 0 fully saturated rings. The molecule has 154 valence electrons. The maximum Gasteiger partial charge on any atom is 0.265 e. The van der Waals surface area contributed by atoms with Crippen molar-refractivity contribution in [3.8, 4) is 11.1 Å². The number of carbonyl (C=O) groups excluding carboxylic acids is 1. The molecular weight excluding hydrogens is 420 g/mol. The van der Waals surface area contributed by atoms with Crippen molar-refractivity contribution < 1.29 is 13.2 Å². The van der Waals surface area contributed by atoms with Crippen molar-refractivity contribution >= 4 is 38.9 Å². The second-order valence-electron chi connectivity index (χ2n) is 7.46. The highest BCUT2D eigenvalue weighted by Crippen LogP contribution is 2.43. The van der Waals surface area contributed by atoms with E-state index in [0.717, 1.165) is 9.87 Å². The molecule has 1 aliphatic heterocycles. The first-order valence-electron chi connectivity index (χ1n) is 9.59. The van der Waals surface area contributed by atoms with E-state index in [0.29, 0.717) is 27.5 Å². The van der Waals surface area contributed by atoms with Crippen LogP contribution in [0.4, 0.5) is 11.4 Å². The number of benzene rings is 3. The predicted molar refractivity (Wildman–Crippen MR) is 121 cm³/mol. The van der Waals surface area contributed by atoms with Gasteiger partial charge >= 0.3 is 0 Å². The average molecular weight is 441 g/mol. The summed E-state index contributed by atoms with van der Waals surface area (Å²) in [6.45, 7) is 3.74. The number of carbonyl (C=O) groups is 1. The fraction of sp³-hybridized carbons (Fsp3) is 0.174. The number of hydrogen-bond acceptors (Lipinski definition) is 3. The SMILES string of the molecule is CC(C)c1ccccc1NC(=O)CN1c2ccc(Cl)cc2-c2ccccc2S1(=O)=O. The van der Waals surface area contributed by atoms with Crippen molar-refractivity contribution in [3.63, 3.8) is 0 Å². The number of anilines is 2. The molecule has 0 saturated carbocycles. The van der Waals surface area contributed by atoms with E-state index in [4.69, 9.17) is 11.6 Å². The molecule has 1 aliphatic rings. The van der Waals surface area contributed by atoms with E-state index in [-0.39, 0.29) is 17.4 Å². The van der Waals surface area contributed by atoms with Crippen LogP contribution in [0.25, 0.3) is 11.1 Å². The minimum atomic E-state index is -3.89. The van der Waals surface area contributed by atoms with Crippen LogP contribution in [0.5, 0.6) is 0 Å². The predicted octanol–water partition coefficient (Wildman–Crippen LogP) is 5.28. The Kier molecular flexibility index (Phi) is 5.30. The van der Waals surface area contributed by atoms with E-state index in [2.05, 4.69) is 5.32 Å². The summed E-state index contributed by atoms with van der Waals surface area (Å²) in [5, 5.41) is 3.37. The number of rotatable bonds is 4. The summed E-state index contributed by atoms with van der Waals surface area (Å²) in [7, 11) is -3.89. The van der Waals surface area contributed by atoms with Crippen molar-refractivity contribution in [2.45, 2.75) is 24.7 Å². The first-order valence-corrected chi connectivity index (χ1v) is 11.4. The average Bonchev–Trinajstić information content (AvgIpc) is 2.71. The van der Waals surface area contributed by atoms with Crippen LogP contribution in [0.15, 0.2) is 71.6 Å². The summed E-state index contributed by atoms with van der Waals surface area (Å²) in [5.74, 6) is -0.193. The van der Waals surface area contributed by atoms with Crippen LogP contribution < -0.4 is 9.62 Å². The Morgan fingerprint density at radius 2 is 1.70 bits per heavy atom. The van der Waals surface area contributed by atoms with Crippen molar-refractivity contribution in [2.75, 3.05) is 16.2 Å². The molecule has 0 bridgehead atoms. The molecule has 0 unspecified atom stereocenters. The molecule has 1 amide bonds. The lowest BCUT2D eigenvalue weighted by Gasteiger charge is -2.31.